The van der Waals surface area contributed by atoms with Crippen LogP contribution in [-0.2, 0) is 4.74 Å². The molecule has 0 aliphatic carbocycles. The summed E-state index contributed by atoms with van der Waals surface area (Å²) in [4.78, 5) is 24.1. The second-order valence-electron chi connectivity index (χ2n) is 4.79. The number of carbonyl (C=O) groups excluding carboxylic acids is 2. The number of hydrogen-bond acceptors (Lipinski definition) is 4. The maximum Gasteiger partial charge on any atom is 0.341 e. The zero-order valence-electron chi connectivity index (χ0n) is 13.0. The van der Waals surface area contributed by atoms with Gasteiger partial charge in [0.1, 0.15) is 11.3 Å². The van der Waals surface area contributed by atoms with Crippen LogP contribution >= 0.6 is 11.6 Å². The number of amides is 1. The Hall–Kier alpha value is -2.53. The lowest BCUT2D eigenvalue weighted by atomic mass is 10.1. The Morgan fingerprint density at radius 3 is 2.39 bits per heavy atom. The summed E-state index contributed by atoms with van der Waals surface area (Å²) in [7, 11) is 2.69. The van der Waals surface area contributed by atoms with Crippen molar-refractivity contribution in [3.63, 3.8) is 0 Å². The molecular formula is C17H16ClNO4. The topological polar surface area (TPSA) is 64.6 Å². The van der Waals surface area contributed by atoms with Gasteiger partial charge in [0.15, 0.2) is 0 Å². The van der Waals surface area contributed by atoms with Crippen molar-refractivity contribution in [2.75, 3.05) is 19.5 Å². The van der Waals surface area contributed by atoms with Crippen molar-refractivity contribution in [2.45, 2.75) is 6.92 Å². The molecule has 0 radical (unpaired) electrons. The number of benzene rings is 2. The van der Waals surface area contributed by atoms with Gasteiger partial charge < -0.3 is 14.8 Å². The summed E-state index contributed by atoms with van der Waals surface area (Å²) < 4.78 is 9.84. The molecule has 6 heteroatoms. The van der Waals surface area contributed by atoms with Crippen LogP contribution < -0.4 is 10.1 Å². The Morgan fingerprint density at radius 1 is 1.09 bits per heavy atom. The molecule has 2 aromatic rings. The van der Waals surface area contributed by atoms with E-state index in [4.69, 9.17) is 16.3 Å². The van der Waals surface area contributed by atoms with E-state index < -0.39 is 5.97 Å². The first kappa shape index (κ1) is 16.8. The minimum absolute atomic E-state index is 0.189. The third kappa shape index (κ3) is 3.63. The molecular weight excluding hydrogens is 318 g/mol. The van der Waals surface area contributed by atoms with Crippen molar-refractivity contribution in [2.24, 2.45) is 0 Å². The van der Waals surface area contributed by atoms with Crippen molar-refractivity contribution in [1.29, 1.82) is 0 Å². The van der Waals surface area contributed by atoms with Crippen molar-refractivity contribution in [3.8, 4) is 5.75 Å². The van der Waals surface area contributed by atoms with Gasteiger partial charge in [-0.15, -0.1) is 0 Å². The molecule has 0 saturated carbocycles. The highest BCUT2D eigenvalue weighted by Crippen LogP contribution is 2.31. The summed E-state index contributed by atoms with van der Waals surface area (Å²) >= 11 is 6.15. The van der Waals surface area contributed by atoms with Gasteiger partial charge in [-0.3, -0.25) is 4.79 Å². The van der Waals surface area contributed by atoms with E-state index >= 15 is 0 Å². The number of anilines is 1. The smallest absolute Gasteiger partial charge is 0.341 e. The minimum Gasteiger partial charge on any atom is -0.496 e. The summed E-state index contributed by atoms with van der Waals surface area (Å²) in [6.07, 6.45) is 0. The molecule has 0 bridgehead atoms. The average Bonchev–Trinajstić information content (AvgIpc) is 2.55. The van der Waals surface area contributed by atoms with Gasteiger partial charge in [0, 0.05) is 11.6 Å². The summed E-state index contributed by atoms with van der Waals surface area (Å²) in [6, 6.07) is 10.1. The normalized spacial score (nSPS) is 10.1. The molecule has 0 aromatic heterocycles. The van der Waals surface area contributed by atoms with Gasteiger partial charge in [0.25, 0.3) is 5.91 Å². The molecule has 0 atom stereocenters. The van der Waals surface area contributed by atoms with Gasteiger partial charge in [-0.1, -0.05) is 29.8 Å². The second-order valence-corrected chi connectivity index (χ2v) is 5.20. The van der Waals surface area contributed by atoms with Crippen LogP contribution in [0, 0.1) is 6.92 Å². The predicted molar refractivity (Wildman–Crippen MR) is 88.5 cm³/mol. The van der Waals surface area contributed by atoms with E-state index in [2.05, 4.69) is 10.1 Å². The number of carbonyl (C=O) groups is 2. The molecule has 0 aliphatic rings. The third-order valence-electron chi connectivity index (χ3n) is 3.33. The summed E-state index contributed by atoms with van der Waals surface area (Å²) in [5.74, 6) is -0.597. The second kappa shape index (κ2) is 7.15. The molecule has 1 amide bonds. The van der Waals surface area contributed by atoms with Crippen molar-refractivity contribution < 1.29 is 19.1 Å². The largest absolute Gasteiger partial charge is 0.496 e. The predicted octanol–water partition coefficient (Wildman–Crippen LogP) is 3.70. The van der Waals surface area contributed by atoms with Gasteiger partial charge in [0.05, 0.1) is 24.9 Å². The van der Waals surface area contributed by atoms with E-state index in [0.717, 1.165) is 5.56 Å². The zero-order valence-corrected chi connectivity index (χ0v) is 13.7. The van der Waals surface area contributed by atoms with Crippen LogP contribution in [0.1, 0.15) is 26.3 Å². The highest BCUT2D eigenvalue weighted by atomic mass is 35.5. The van der Waals surface area contributed by atoms with E-state index in [1.807, 2.05) is 19.1 Å². The van der Waals surface area contributed by atoms with Crippen LogP contribution in [0.5, 0.6) is 5.75 Å². The maximum atomic E-state index is 12.4. The summed E-state index contributed by atoms with van der Waals surface area (Å²) in [5.41, 5.74) is 1.93. The van der Waals surface area contributed by atoms with Crippen LogP contribution in [0.4, 0.5) is 5.69 Å². The summed E-state index contributed by atoms with van der Waals surface area (Å²) in [5, 5.41) is 2.94. The number of aryl methyl sites for hydroxylation is 1. The van der Waals surface area contributed by atoms with Crippen molar-refractivity contribution in [3.05, 3.63) is 58.1 Å². The molecule has 0 spiro atoms. The van der Waals surface area contributed by atoms with Crippen LogP contribution in [0.2, 0.25) is 5.02 Å². The lowest BCUT2D eigenvalue weighted by molar-refractivity contribution is 0.0597. The Kier molecular flexibility index (Phi) is 5.24. The Labute approximate surface area is 139 Å². The molecule has 5 nitrogen and oxygen atoms in total. The van der Waals surface area contributed by atoms with Gasteiger partial charge in [0.2, 0.25) is 0 Å². The quantitative estimate of drug-likeness (QED) is 0.866. The van der Waals surface area contributed by atoms with Gasteiger partial charge in [-0.2, -0.15) is 0 Å². The summed E-state index contributed by atoms with van der Waals surface area (Å²) in [6.45, 7) is 1.84. The molecule has 0 fully saturated rings. The van der Waals surface area contributed by atoms with Gasteiger partial charge in [-0.25, -0.2) is 4.79 Å². The van der Waals surface area contributed by atoms with E-state index in [9.17, 15) is 9.59 Å². The fourth-order valence-electron chi connectivity index (χ4n) is 2.10. The van der Waals surface area contributed by atoms with Crippen LogP contribution in [0.3, 0.4) is 0 Å². The zero-order chi connectivity index (χ0) is 17.0. The number of esters is 1. The average molecular weight is 334 g/mol. The van der Waals surface area contributed by atoms with Crippen molar-refractivity contribution in [1.82, 2.24) is 0 Å². The number of nitrogens with one attached hydrogen (secondary N) is 1. The number of hydrogen-bond donors (Lipinski definition) is 1. The fourth-order valence-corrected chi connectivity index (χ4v) is 2.32. The lowest BCUT2D eigenvalue weighted by Gasteiger charge is -2.13. The standard InChI is InChI=1S/C17H16ClNO4/c1-10-6-4-5-7-11(10)16(20)19-14-9-15(22-2)12(8-13(14)18)17(21)23-3/h4-9H,1-3H3,(H,19,20). The fraction of sp³-hybridized carbons (Fsp3) is 0.176. The maximum absolute atomic E-state index is 12.4. The van der Waals surface area contributed by atoms with Crippen molar-refractivity contribution >= 4 is 29.2 Å². The molecule has 120 valence electrons. The Balaban J connectivity index is 2.35. The molecule has 0 unspecified atom stereocenters. The molecule has 0 aliphatic heterocycles. The van der Waals surface area contributed by atoms with Gasteiger partial charge >= 0.3 is 5.97 Å². The number of rotatable bonds is 4. The molecule has 0 saturated heterocycles. The van der Waals surface area contributed by atoms with Gasteiger partial charge in [-0.05, 0) is 24.6 Å². The van der Waals surface area contributed by atoms with Crippen LogP contribution in [0.25, 0.3) is 0 Å². The molecule has 2 rings (SSSR count). The number of ether oxygens (including phenoxy) is 2. The monoisotopic (exact) mass is 333 g/mol. The Morgan fingerprint density at radius 2 is 1.78 bits per heavy atom. The first-order chi connectivity index (χ1) is 11.0. The third-order valence-corrected chi connectivity index (χ3v) is 3.65. The minimum atomic E-state index is -0.569. The molecule has 0 heterocycles. The van der Waals surface area contributed by atoms with Crippen LogP contribution in [0.15, 0.2) is 36.4 Å². The molecule has 1 N–H and O–H groups in total. The highest BCUT2D eigenvalue weighted by Gasteiger charge is 2.18. The Bertz CT molecular complexity index is 758. The molecule has 23 heavy (non-hydrogen) atoms. The highest BCUT2D eigenvalue weighted by molar-refractivity contribution is 6.34. The van der Waals surface area contributed by atoms with E-state index in [-0.39, 0.29) is 22.2 Å². The number of halogens is 1. The van der Waals surface area contributed by atoms with E-state index in [0.29, 0.717) is 11.3 Å². The molecule has 2 aromatic carbocycles. The van der Waals surface area contributed by atoms with E-state index in [1.165, 1.54) is 26.4 Å². The van der Waals surface area contributed by atoms with E-state index in [1.54, 1.807) is 12.1 Å². The number of methoxy groups -OCH3 is 2. The SMILES string of the molecule is COC(=O)c1cc(Cl)c(NC(=O)c2ccccc2C)cc1OC. The first-order valence-electron chi connectivity index (χ1n) is 6.80. The lowest BCUT2D eigenvalue weighted by Crippen LogP contribution is -2.14. The van der Waals surface area contributed by atoms with Crippen LogP contribution in [-0.4, -0.2) is 26.1 Å². The first-order valence-corrected chi connectivity index (χ1v) is 7.18.